The Morgan fingerprint density at radius 1 is 0.226 bits per heavy atom. The van der Waals surface area contributed by atoms with E-state index in [4.69, 9.17) is 0 Å². The lowest BCUT2D eigenvalue weighted by Gasteiger charge is -2.35. The van der Waals surface area contributed by atoms with Gasteiger partial charge >= 0.3 is 0 Å². The van der Waals surface area contributed by atoms with Crippen LogP contribution in [0.3, 0.4) is 0 Å². The second kappa shape index (κ2) is 18.3. The summed E-state index contributed by atoms with van der Waals surface area (Å²) in [6.45, 7) is 4.74. The van der Waals surface area contributed by atoms with Gasteiger partial charge in [-0.15, -0.1) is 0 Å². The second-order valence-electron chi connectivity index (χ2n) is 23.8. The Bertz CT molecular complexity index is 4700. The van der Waals surface area contributed by atoms with Gasteiger partial charge in [0.15, 0.2) is 0 Å². The highest BCUT2D eigenvalue weighted by molar-refractivity contribution is 6.04. The molecule has 0 unspecified atom stereocenters. The number of anilines is 3. The van der Waals surface area contributed by atoms with Crippen molar-refractivity contribution in [2.75, 3.05) is 4.90 Å². The van der Waals surface area contributed by atoms with E-state index in [1.165, 1.54) is 134 Å². The third kappa shape index (κ3) is 6.72. The highest BCUT2D eigenvalue weighted by atomic mass is 15.1. The molecule has 0 saturated heterocycles. The van der Waals surface area contributed by atoms with Crippen molar-refractivity contribution >= 4 is 17.1 Å². The molecule has 0 N–H and O–H groups in total. The van der Waals surface area contributed by atoms with E-state index in [1.54, 1.807) is 0 Å². The summed E-state index contributed by atoms with van der Waals surface area (Å²) in [5.41, 5.74) is 32.4. The fourth-order valence-corrected chi connectivity index (χ4v) is 15.7. The third-order valence-corrected chi connectivity index (χ3v) is 19.4. The number of hydrogen-bond donors (Lipinski definition) is 0. The Labute approximate surface area is 492 Å². The van der Waals surface area contributed by atoms with E-state index in [2.05, 4.69) is 328 Å². The van der Waals surface area contributed by atoms with Crippen LogP contribution in [0.1, 0.15) is 69.5 Å². The number of nitrogens with zero attached hydrogens (tertiary/aromatic N) is 1. The molecule has 4 aliphatic carbocycles. The molecule has 4 aliphatic rings. The van der Waals surface area contributed by atoms with Crippen LogP contribution in [0.25, 0.3) is 77.9 Å². The van der Waals surface area contributed by atoms with Crippen molar-refractivity contribution in [3.8, 4) is 77.9 Å². The lowest BCUT2D eigenvalue weighted by atomic mass is 9.67. The Kier molecular flexibility index (Phi) is 10.6. The van der Waals surface area contributed by atoms with E-state index in [1.807, 2.05) is 0 Å². The zero-order valence-corrected chi connectivity index (χ0v) is 46.9. The van der Waals surface area contributed by atoms with Gasteiger partial charge in [-0.05, 0) is 176 Å². The average Bonchev–Trinajstić information content (AvgIpc) is 1.73. The molecule has 0 aromatic heterocycles. The predicted molar refractivity (Wildman–Crippen MR) is 349 cm³/mol. The molecule has 17 rings (SSSR count). The van der Waals surface area contributed by atoms with Gasteiger partial charge in [0.25, 0.3) is 0 Å². The van der Waals surface area contributed by atoms with Crippen LogP contribution in [0, 0.1) is 0 Å². The molecule has 1 nitrogen and oxygen atoms in total. The molecule has 394 valence electrons. The molecule has 13 aromatic rings. The van der Waals surface area contributed by atoms with Crippen LogP contribution < -0.4 is 4.90 Å². The number of fused-ring (bicyclic) bond motifs is 16. The monoisotopic (exact) mass is 1070 g/mol. The number of rotatable bonds is 8. The summed E-state index contributed by atoms with van der Waals surface area (Å²) in [5.74, 6) is 0. The standard InChI is InChI=1S/C83H57N/c1-81(2)71-35-19-15-31-64(71)68-46-41-57(49-75(68)81)56-39-43-62(44-40-56)84(63-45-48-69-67-34-16-20-36-72(67)82(77(69)53-63,60-27-11-5-12-28-60)61-29-13-6-14-30-61)79-52-59(55-25-9-4-10-26-55)51-78-80(79)70-47-42-58(54-23-7-3-8-24-54)50-76(70)83(78)73-37-21-17-32-65(73)66-33-18-22-38-74(66)83/h3-53H,1-2H3. The van der Waals surface area contributed by atoms with E-state index in [0.717, 1.165) is 17.1 Å². The zero-order valence-electron chi connectivity index (χ0n) is 46.9. The summed E-state index contributed by atoms with van der Waals surface area (Å²) in [6, 6.07) is 117. The molecule has 1 spiro atoms. The summed E-state index contributed by atoms with van der Waals surface area (Å²) in [5, 5.41) is 0. The Morgan fingerprint density at radius 3 is 1.17 bits per heavy atom. The van der Waals surface area contributed by atoms with Crippen molar-refractivity contribution in [2.45, 2.75) is 30.1 Å². The first kappa shape index (κ1) is 48.4. The molecule has 0 aliphatic heterocycles. The van der Waals surface area contributed by atoms with Crippen LogP contribution in [-0.4, -0.2) is 0 Å². The maximum atomic E-state index is 2.60. The summed E-state index contributed by atoms with van der Waals surface area (Å²) in [6.07, 6.45) is 0. The van der Waals surface area contributed by atoms with E-state index in [0.29, 0.717) is 0 Å². The van der Waals surface area contributed by atoms with E-state index < -0.39 is 10.8 Å². The Balaban J connectivity index is 0.965. The van der Waals surface area contributed by atoms with E-state index >= 15 is 0 Å². The molecule has 0 bridgehead atoms. The predicted octanol–water partition coefficient (Wildman–Crippen LogP) is 21.2. The van der Waals surface area contributed by atoms with Crippen molar-refractivity contribution < 1.29 is 0 Å². The highest BCUT2D eigenvalue weighted by Crippen LogP contribution is 2.66. The number of benzene rings is 13. The summed E-state index contributed by atoms with van der Waals surface area (Å²) >= 11 is 0. The minimum absolute atomic E-state index is 0.110. The lowest BCUT2D eigenvalue weighted by Crippen LogP contribution is -2.28. The zero-order chi connectivity index (χ0) is 55.7. The van der Waals surface area contributed by atoms with Gasteiger partial charge in [-0.1, -0.05) is 275 Å². The second-order valence-corrected chi connectivity index (χ2v) is 23.8. The molecule has 0 heterocycles. The van der Waals surface area contributed by atoms with Crippen molar-refractivity contribution in [1.82, 2.24) is 0 Å². The number of hydrogen-bond acceptors (Lipinski definition) is 1. The van der Waals surface area contributed by atoms with Crippen molar-refractivity contribution in [2.24, 2.45) is 0 Å². The van der Waals surface area contributed by atoms with Crippen LogP contribution in [0.5, 0.6) is 0 Å². The molecule has 13 aromatic carbocycles. The topological polar surface area (TPSA) is 3.24 Å². The van der Waals surface area contributed by atoms with Crippen LogP contribution in [0.2, 0.25) is 0 Å². The molecule has 1 heteroatoms. The Morgan fingerprint density at radius 2 is 0.595 bits per heavy atom. The van der Waals surface area contributed by atoms with Gasteiger partial charge in [0.2, 0.25) is 0 Å². The summed E-state index contributed by atoms with van der Waals surface area (Å²) < 4.78 is 0. The van der Waals surface area contributed by atoms with Crippen LogP contribution in [-0.2, 0) is 16.2 Å². The quantitative estimate of drug-likeness (QED) is 0.147. The normalized spacial score (nSPS) is 14.4. The summed E-state index contributed by atoms with van der Waals surface area (Å²) in [7, 11) is 0. The highest BCUT2D eigenvalue weighted by Gasteiger charge is 2.53. The first-order chi connectivity index (χ1) is 41.4. The smallest absolute Gasteiger partial charge is 0.0726 e. The van der Waals surface area contributed by atoms with Crippen LogP contribution in [0.4, 0.5) is 17.1 Å². The van der Waals surface area contributed by atoms with Gasteiger partial charge in [0.05, 0.1) is 16.5 Å². The minimum atomic E-state index is -0.631. The molecule has 0 amide bonds. The minimum Gasteiger partial charge on any atom is -0.310 e. The lowest BCUT2D eigenvalue weighted by molar-refractivity contribution is 0.660. The maximum absolute atomic E-state index is 2.60. The molecule has 84 heavy (non-hydrogen) atoms. The molecule has 0 radical (unpaired) electrons. The fourth-order valence-electron chi connectivity index (χ4n) is 15.7. The van der Waals surface area contributed by atoms with Gasteiger partial charge < -0.3 is 4.90 Å². The van der Waals surface area contributed by atoms with E-state index in [9.17, 15) is 0 Å². The fraction of sp³-hybridized carbons (Fsp3) is 0.0602. The Hall–Kier alpha value is -10.3. The van der Waals surface area contributed by atoms with Gasteiger partial charge in [0, 0.05) is 22.4 Å². The third-order valence-electron chi connectivity index (χ3n) is 19.4. The first-order valence-corrected chi connectivity index (χ1v) is 29.6. The largest absolute Gasteiger partial charge is 0.310 e. The summed E-state index contributed by atoms with van der Waals surface area (Å²) in [4.78, 5) is 2.60. The van der Waals surface area contributed by atoms with Crippen molar-refractivity contribution in [1.29, 1.82) is 0 Å². The molecular weight excluding hydrogens is 1010 g/mol. The maximum Gasteiger partial charge on any atom is 0.0726 e. The van der Waals surface area contributed by atoms with Crippen LogP contribution in [0.15, 0.2) is 309 Å². The van der Waals surface area contributed by atoms with Crippen molar-refractivity contribution in [3.63, 3.8) is 0 Å². The first-order valence-electron chi connectivity index (χ1n) is 29.6. The SMILES string of the molecule is CC1(C)c2ccccc2-c2ccc(-c3ccc(N(c4ccc5c(c4)C(c4ccccc4)(c4ccccc4)c4ccccc4-5)c4cc(-c5ccccc5)cc5c4-c4ccc(-c6ccccc6)cc4C54c5ccccc5-c5ccccc54)cc3)cc21. The average molecular weight is 1070 g/mol. The molecular formula is C83H57N. The van der Waals surface area contributed by atoms with Gasteiger partial charge in [-0.3, -0.25) is 0 Å². The van der Waals surface area contributed by atoms with Gasteiger partial charge in [-0.25, -0.2) is 0 Å². The molecule has 0 saturated carbocycles. The van der Waals surface area contributed by atoms with Gasteiger partial charge in [0.1, 0.15) is 0 Å². The van der Waals surface area contributed by atoms with Crippen molar-refractivity contribution in [3.05, 3.63) is 365 Å². The van der Waals surface area contributed by atoms with Gasteiger partial charge in [-0.2, -0.15) is 0 Å². The van der Waals surface area contributed by atoms with Crippen LogP contribution >= 0.6 is 0 Å². The van der Waals surface area contributed by atoms with E-state index in [-0.39, 0.29) is 5.41 Å². The molecule has 0 atom stereocenters. The molecule has 0 fully saturated rings.